The highest BCUT2D eigenvalue weighted by Crippen LogP contribution is 2.25. The number of furan rings is 1. The molecule has 6 nitrogen and oxygen atoms in total. The quantitative estimate of drug-likeness (QED) is 0.261. The number of fused-ring (bicyclic) bond motifs is 1. The van der Waals surface area contributed by atoms with E-state index in [1.165, 1.54) is 30.0 Å². The van der Waals surface area contributed by atoms with E-state index in [4.69, 9.17) is 14.1 Å². The van der Waals surface area contributed by atoms with Crippen molar-refractivity contribution in [1.82, 2.24) is 9.55 Å². The Bertz CT molecular complexity index is 1260. The van der Waals surface area contributed by atoms with Crippen LogP contribution in [0.4, 0.5) is 0 Å². The SMILES string of the molecule is COC(=O)c1ccc2c(=O)n(Cc3ccco3)c(SCc3ccccc3C)nc2c1. The summed E-state index contributed by atoms with van der Waals surface area (Å²) in [5, 5.41) is 1.00. The Morgan fingerprint density at radius 1 is 1.17 bits per heavy atom. The molecule has 7 heteroatoms. The first-order chi connectivity index (χ1) is 14.6. The summed E-state index contributed by atoms with van der Waals surface area (Å²) in [7, 11) is 1.32. The number of methoxy groups -OCH3 is 1. The summed E-state index contributed by atoms with van der Waals surface area (Å²) >= 11 is 1.48. The average Bonchev–Trinajstić information content (AvgIpc) is 3.28. The molecule has 0 atom stereocenters. The molecule has 0 aliphatic rings. The third kappa shape index (κ3) is 4.02. The number of thioether (sulfide) groups is 1. The number of aryl methyl sites for hydroxylation is 1. The van der Waals surface area contributed by atoms with Gasteiger partial charge in [-0.25, -0.2) is 9.78 Å². The van der Waals surface area contributed by atoms with Crippen molar-refractivity contribution in [3.63, 3.8) is 0 Å². The first-order valence-electron chi connectivity index (χ1n) is 9.39. The van der Waals surface area contributed by atoms with E-state index in [9.17, 15) is 9.59 Å². The topological polar surface area (TPSA) is 74.3 Å². The molecule has 0 fully saturated rings. The number of esters is 1. The summed E-state index contributed by atoms with van der Waals surface area (Å²) in [6, 6.07) is 16.5. The molecule has 0 spiro atoms. The minimum Gasteiger partial charge on any atom is -0.467 e. The van der Waals surface area contributed by atoms with Crippen LogP contribution >= 0.6 is 11.8 Å². The van der Waals surface area contributed by atoms with Crippen LogP contribution in [0.15, 0.2) is 75.2 Å². The van der Waals surface area contributed by atoms with Gasteiger partial charge in [0.1, 0.15) is 5.76 Å². The third-order valence-electron chi connectivity index (χ3n) is 4.85. The van der Waals surface area contributed by atoms with Crippen molar-refractivity contribution < 1.29 is 13.9 Å². The second kappa shape index (κ2) is 8.59. The van der Waals surface area contributed by atoms with Crippen molar-refractivity contribution >= 4 is 28.6 Å². The van der Waals surface area contributed by atoms with Crippen LogP contribution in [0.25, 0.3) is 10.9 Å². The monoisotopic (exact) mass is 420 g/mol. The van der Waals surface area contributed by atoms with E-state index in [0.29, 0.717) is 33.1 Å². The lowest BCUT2D eigenvalue weighted by molar-refractivity contribution is 0.0601. The highest BCUT2D eigenvalue weighted by atomic mass is 32.2. The van der Waals surface area contributed by atoms with Gasteiger partial charge in [-0.1, -0.05) is 36.0 Å². The molecule has 4 rings (SSSR count). The Morgan fingerprint density at radius 3 is 2.73 bits per heavy atom. The first-order valence-corrected chi connectivity index (χ1v) is 10.4. The van der Waals surface area contributed by atoms with Crippen molar-refractivity contribution in [1.29, 1.82) is 0 Å². The molecule has 0 radical (unpaired) electrons. The smallest absolute Gasteiger partial charge is 0.337 e. The number of hydrogen-bond donors (Lipinski definition) is 0. The Morgan fingerprint density at radius 2 is 2.00 bits per heavy atom. The number of nitrogens with zero attached hydrogens (tertiary/aromatic N) is 2. The van der Waals surface area contributed by atoms with Crippen LogP contribution in [-0.4, -0.2) is 22.6 Å². The number of hydrogen-bond acceptors (Lipinski definition) is 6. The van der Waals surface area contributed by atoms with E-state index in [1.807, 2.05) is 18.2 Å². The zero-order valence-corrected chi connectivity index (χ0v) is 17.4. The van der Waals surface area contributed by atoms with Crippen LogP contribution in [0, 0.1) is 6.92 Å². The predicted molar refractivity (Wildman–Crippen MR) is 116 cm³/mol. The molecule has 0 amide bonds. The molecule has 0 aliphatic carbocycles. The maximum absolute atomic E-state index is 13.3. The summed E-state index contributed by atoms with van der Waals surface area (Å²) in [4.78, 5) is 29.9. The molecular weight excluding hydrogens is 400 g/mol. The van der Waals surface area contributed by atoms with Crippen LogP contribution < -0.4 is 5.56 Å². The Kier molecular flexibility index (Phi) is 5.72. The second-order valence-electron chi connectivity index (χ2n) is 6.80. The maximum Gasteiger partial charge on any atom is 0.337 e. The van der Waals surface area contributed by atoms with Crippen LogP contribution in [0.5, 0.6) is 0 Å². The molecule has 30 heavy (non-hydrogen) atoms. The zero-order valence-electron chi connectivity index (χ0n) is 16.6. The number of carbonyl (C=O) groups excluding carboxylic acids is 1. The van der Waals surface area contributed by atoms with Gasteiger partial charge in [-0.2, -0.15) is 0 Å². The molecule has 0 N–H and O–H groups in total. The van der Waals surface area contributed by atoms with Crippen molar-refractivity contribution in [2.45, 2.75) is 24.4 Å². The van der Waals surface area contributed by atoms with E-state index in [1.54, 1.807) is 35.1 Å². The van der Waals surface area contributed by atoms with Crippen molar-refractivity contribution in [3.8, 4) is 0 Å². The number of rotatable bonds is 6. The molecule has 152 valence electrons. The molecule has 4 aromatic rings. The molecule has 2 heterocycles. The minimum atomic E-state index is -0.465. The summed E-state index contributed by atoms with van der Waals surface area (Å²) in [6.45, 7) is 2.34. The van der Waals surface area contributed by atoms with Gasteiger partial charge < -0.3 is 9.15 Å². The molecule has 0 saturated carbocycles. The molecule has 2 aromatic heterocycles. The summed E-state index contributed by atoms with van der Waals surface area (Å²) in [5.41, 5.74) is 2.99. The maximum atomic E-state index is 13.3. The molecule has 2 aromatic carbocycles. The first kappa shape index (κ1) is 20.0. The predicted octanol–water partition coefficient (Wildman–Crippen LogP) is 4.43. The highest BCUT2D eigenvalue weighted by molar-refractivity contribution is 7.98. The Hall–Kier alpha value is -3.32. The van der Waals surface area contributed by atoms with Crippen LogP contribution in [0.2, 0.25) is 0 Å². The molecular formula is C23H20N2O4S. The molecule has 0 unspecified atom stereocenters. The summed E-state index contributed by atoms with van der Waals surface area (Å²) in [6.07, 6.45) is 1.58. The van der Waals surface area contributed by atoms with E-state index in [-0.39, 0.29) is 12.1 Å². The van der Waals surface area contributed by atoms with Crippen molar-refractivity contribution in [2.24, 2.45) is 0 Å². The normalized spacial score (nSPS) is 11.0. The largest absolute Gasteiger partial charge is 0.467 e. The van der Waals surface area contributed by atoms with Crippen LogP contribution in [0.1, 0.15) is 27.2 Å². The van der Waals surface area contributed by atoms with Gasteiger partial charge in [0, 0.05) is 5.75 Å². The zero-order chi connectivity index (χ0) is 21.1. The number of carbonyl (C=O) groups is 1. The second-order valence-corrected chi connectivity index (χ2v) is 7.75. The van der Waals surface area contributed by atoms with E-state index < -0.39 is 5.97 Å². The van der Waals surface area contributed by atoms with Gasteiger partial charge in [0.25, 0.3) is 5.56 Å². The summed E-state index contributed by atoms with van der Waals surface area (Å²) < 4.78 is 11.9. The molecule has 0 aliphatic heterocycles. The Labute approximate surface area is 177 Å². The number of benzene rings is 2. The van der Waals surface area contributed by atoms with Gasteiger partial charge in [0.05, 0.1) is 36.4 Å². The van der Waals surface area contributed by atoms with Gasteiger partial charge >= 0.3 is 5.97 Å². The van der Waals surface area contributed by atoms with Crippen molar-refractivity contribution in [3.05, 3.63) is 93.7 Å². The molecule has 0 saturated heterocycles. The van der Waals surface area contributed by atoms with Gasteiger partial charge in [-0.05, 0) is 48.4 Å². The van der Waals surface area contributed by atoms with Crippen LogP contribution in [-0.2, 0) is 17.0 Å². The highest BCUT2D eigenvalue weighted by Gasteiger charge is 2.16. The minimum absolute atomic E-state index is 0.180. The number of ether oxygens (including phenoxy) is 1. The fraction of sp³-hybridized carbons (Fsp3) is 0.174. The fourth-order valence-electron chi connectivity index (χ4n) is 3.17. The van der Waals surface area contributed by atoms with E-state index in [2.05, 4.69) is 19.1 Å². The summed E-state index contributed by atoms with van der Waals surface area (Å²) in [5.74, 6) is 0.870. The van der Waals surface area contributed by atoms with Crippen LogP contribution in [0.3, 0.4) is 0 Å². The lowest BCUT2D eigenvalue weighted by Crippen LogP contribution is -2.24. The Balaban J connectivity index is 1.80. The lowest BCUT2D eigenvalue weighted by Gasteiger charge is -2.13. The lowest BCUT2D eigenvalue weighted by atomic mass is 10.1. The fourth-order valence-corrected chi connectivity index (χ4v) is 4.24. The van der Waals surface area contributed by atoms with Gasteiger partial charge in [-0.15, -0.1) is 0 Å². The average molecular weight is 420 g/mol. The van der Waals surface area contributed by atoms with E-state index >= 15 is 0 Å². The van der Waals surface area contributed by atoms with Gasteiger partial charge in [0.2, 0.25) is 0 Å². The van der Waals surface area contributed by atoms with Gasteiger partial charge in [0.15, 0.2) is 5.16 Å². The van der Waals surface area contributed by atoms with Crippen molar-refractivity contribution in [2.75, 3.05) is 7.11 Å². The molecule has 0 bridgehead atoms. The van der Waals surface area contributed by atoms with E-state index in [0.717, 1.165) is 0 Å². The third-order valence-corrected chi connectivity index (χ3v) is 5.88. The standard InChI is InChI=1S/C23H20N2O4S/c1-15-6-3-4-7-17(15)14-30-23-24-20-12-16(22(27)28-2)9-10-19(20)21(26)25(23)13-18-8-5-11-29-18/h3-12H,13-14H2,1-2H3. The number of aromatic nitrogens is 2. The van der Waals surface area contributed by atoms with Gasteiger partial charge in [-0.3, -0.25) is 9.36 Å².